The first-order chi connectivity index (χ1) is 6.27. The summed E-state index contributed by atoms with van der Waals surface area (Å²) in [6.45, 7) is 0. The number of hydrogen-bond acceptors (Lipinski definition) is 2. The highest BCUT2D eigenvalue weighted by molar-refractivity contribution is 5.73. The van der Waals surface area contributed by atoms with Crippen molar-refractivity contribution in [3.05, 3.63) is 23.5 Å². The van der Waals surface area contributed by atoms with Crippen LogP contribution < -0.4 is 0 Å². The van der Waals surface area contributed by atoms with Crippen LogP contribution in [0, 0.1) is 0 Å². The first kappa shape index (κ1) is 8.35. The molecule has 0 amide bonds. The van der Waals surface area contributed by atoms with Crippen LogP contribution in [-0.2, 0) is 9.53 Å². The molecule has 70 valence electrons. The maximum atomic E-state index is 10.7. The average Bonchev–Trinajstić information content (AvgIpc) is 2.17. The molecule has 1 aliphatic heterocycles. The Labute approximate surface area is 76.7 Å². The van der Waals surface area contributed by atoms with Crippen LogP contribution in [0.3, 0.4) is 0 Å². The van der Waals surface area contributed by atoms with Gasteiger partial charge in [0.05, 0.1) is 0 Å². The molecule has 0 bridgehead atoms. The number of ether oxygens (including phenoxy) is 1. The molecular formula is C10H12O3. The van der Waals surface area contributed by atoms with Gasteiger partial charge in [0.1, 0.15) is 5.76 Å². The van der Waals surface area contributed by atoms with Gasteiger partial charge < -0.3 is 9.84 Å². The normalized spacial score (nSPS) is 26.6. The van der Waals surface area contributed by atoms with Crippen LogP contribution in [0.4, 0.5) is 0 Å². The predicted molar refractivity (Wildman–Crippen MR) is 47.1 cm³/mol. The topological polar surface area (TPSA) is 46.5 Å². The van der Waals surface area contributed by atoms with E-state index in [4.69, 9.17) is 9.84 Å². The molecule has 3 heteroatoms. The second-order valence-electron chi connectivity index (χ2n) is 3.36. The van der Waals surface area contributed by atoms with Crippen LogP contribution in [0.2, 0.25) is 0 Å². The summed E-state index contributed by atoms with van der Waals surface area (Å²) in [6, 6.07) is 0. The predicted octanol–water partition coefficient (Wildman–Crippen LogP) is 1.85. The van der Waals surface area contributed by atoms with Gasteiger partial charge in [-0.2, -0.15) is 0 Å². The van der Waals surface area contributed by atoms with Gasteiger partial charge in [0.15, 0.2) is 6.10 Å². The van der Waals surface area contributed by atoms with Crippen molar-refractivity contribution in [3.63, 3.8) is 0 Å². The van der Waals surface area contributed by atoms with Crippen molar-refractivity contribution in [1.29, 1.82) is 0 Å². The lowest BCUT2D eigenvalue weighted by Crippen LogP contribution is -2.28. The van der Waals surface area contributed by atoms with E-state index in [2.05, 4.69) is 6.08 Å². The summed E-state index contributed by atoms with van der Waals surface area (Å²) in [4.78, 5) is 10.7. The molecule has 0 aromatic heterocycles. The zero-order chi connectivity index (χ0) is 9.26. The van der Waals surface area contributed by atoms with Crippen LogP contribution >= 0.6 is 0 Å². The second kappa shape index (κ2) is 3.24. The van der Waals surface area contributed by atoms with Crippen LogP contribution in [0.15, 0.2) is 23.5 Å². The van der Waals surface area contributed by atoms with Crippen LogP contribution in [0.1, 0.15) is 25.7 Å². The molecule has 0 saturated carbocycles. The van der Waals surface area contributed by atoms with Gasteiger partial charge in [0, 0.05) is 0 Å². The largest absolute Gasteiger partial charge is 0.479 e. The summed E-state index contributed by atoms with van der Waals surface area (Å²) in [6.07, 6.45) is 6.95. The number of hydrogen-bond donors (Lipinski definition) is 1. The van der Waals surface area contributed by atoms with Crippen molar-refractivity contribution in [3.8, 4) is 0 Å². The molecule has 13 heavy (non-hydrogen) atoms. The molecule has 1 saturated heterocycles. The third kappa shape index (κ3) is 1.59. The van der Waals surface area contributed by atoms with E-state index in [0.717, 1.165) is 25.0 Å². The van der Waals surface area contributed by atoms with E-state index in [-0.39, 0.29) is 0 Å². The van der Waals surface area contributed by atoms with Crippen LogP contribution in [0.5, 0.6) is 0 Å². The lowest BCUT2D eigenvalue weighted by molar-refractivity contribution is -0.148. The minimum atomic E-state index is -0.856. The third-order valence-corrected chi connectivity index (χ3v) is 2.42. The molecule has 1 N–H and O–H groups in total. The molecule has 1 fully saturated rings. The first-order valence-electron chi connectivity index (χ1n) is 4.56. The Kier molecular flexibility index (Phi) is 2.08. The number of carbonyl (C=O) groups is 1. The molecule has 2 rings (SSSR count). The summed E-state index contributed by atoms with van der Waals surface area (Å²) in [7, 11) is 0. The Morgan fingerprint density at radius 1 is 1.46 bits per heavy atom. The van der Waals surface area contributed by atoms with Crippen LogP contribution in [0.25, 0.3) is 0 Å². The number of allylic oxidation sites excluding steroid dienone is 3. The number of fused-ring (bicyclic) bond motifs is 1. The fourth-order valence-corrected chi connectivity index (χ4v) is 1.73. The van der Waals surface area contributed by atoms with Gasteiger partial charge in [-0.3, -0.25) is 0 Å². The molecule has 2 aliphatic rings. The number of rotatable bonds is 1. The minimum Gasteiger partial charge on any atom is -0.479 e. The van der Waals surface area contributed by atoms with Crippen molar-refractivity contribution >= 4 is 5.97 Å². The van der Waals surface area contributed by atoms with Gasteiger partial charge in [-0.1, -0.05) is 6.08 Å². The molecule has 1 heterocycles. The highest BCUT2D eigenvalue weighted by atomic mass is 16.5. The smallest absolute Gasteiger partial charge is 0.344 e. The third-order valence-electron chi connectivity index (χ3n) is 2.42. The van der Waals surface area contributed by atoms with Crippen LogP contribution in [-0.4, -0.2) is 17.2 Å². The maximum absolute atomic E-state index is 10.7. The Hall–Kier alpha value is -1.25. The lowest BCUT2D eigenvalue weighted by atomic mass is 9.96. The number of aliphatic carboxylic acids is 1. The van der Waals surface area contributed by atoms with Crippen molar-refractivity contribution in [2.45, 2.75) is 31.8 Å². The van der Waals surface area contributed by atoms with Gasteiger partial charge in [0.25, 0.3) is 0 Å². The quantitative estimate of drug-likeness (QED) is 0.669. The second-order valence-corrected chi connectivity index (χ2v) is 3.36. The van der Waals surface area contributed by atoms with E-state index in [9.17, 15) is 4.79 Å². The molecule has 3 nitrogen and oxygen atoms in total. The van der Waals surface area contributed by atoms with Crippen molar-refractivity contribution in [1.82, 2.24) is 0 Å². The summed E-state index contributed by atoms with van der Waals surface area (Å²) in [5, 5.41) is 8.76. The average molecular weight is 180 g/mol. The Morgan fingerprint density at radius 2 is 2.23 bits per heavy atom. The zero-order valence-corrected chi connectivity index (χ0v) is 7.32. The van der Waals surface area contributed by atoms with E-state index in [1.54, 1.807) is 0 Å². The van der Waals surface area contributed by atoms with Gasteiger partial charge >= 0.3 is 5.97 Å². The molecule has 0 radical (unpaired) electrons. The van der Waals surface area contributed by atoms with E-state index in [1.807, 2.05) is 6.08 Å². The molecule has 1 atom stereocenters. The van der Waals surface area contributed by atoms with Gasteiger partial charge in [-0.05, 0) is 37.3 Å². The summed E-state index contributed by atoms with van der Waals surface area (Å²) in [5.74, 6) is -0.0598. The van der Waals surface area contributed by atoms with E-state index < -0.39 is 12.1 Å². The highest BCUT2D eigenvalue weighted by Gasteiger charge is 2.27. The zero-order valence-electron chi connectivity index (χ0n) is 7.32. The Balaban J connectivity index is 2.12. The van der Waals surface area contributed by atoms with E-state index in [0.29, 0.717) is 6.42 Å². The molecule has 0 spiro atoms. The Morgan fingerprint density at radius 3 is 3.00 bits per heavy atom. The fraction of sp³-hybridized carbons (Fsp3) is 0.500. The first-order valence-corrected chi connectivity index (χ1v) is 4.56. The summed E-state index contributed by atoms with van der Waals surface area (Å²) >= 11 is 0. The minimum absolute atomic E-state index is 0.596. The number of carboxylic acids is 1. The van der Waals surface area contributed by atoms with Gasteiger partial charge in [-0.15, -0.1) is 0 Å². The Bertz CT molecular complexity index is 289. The van der Waals surface area contributed by atoms with Gasteiger partial charge in [0.2, 0.25) is 0 Å². The van der Waals surface area contributed by atoms with Crippen molar-refractivity contribution in [2.24, 2.45) is 0 Å². The molecule has 1 aliphatic carbocycles. The lowest BCUT2D eigenvalue weighted by Gasteiger charge is -2.27. The van der Waals surface area contributed by atoms with Crippen molar-refractivity contribution < 1.29 is 14.6 Å². The molecular weight excluding hydrogens is 168 g/mol. The summed E-state index contributed by atoms with van der Waals surface area (Å²) < 4.78 is 5.35. The van der Waals surface area contributed by atoms with Crippen molar-refractivity contribution in [2.75, 3.05) is 0 Å². The standard InChI is InChI=1S/C10H12O3/c11-10(12)9-6-5-7-3-1-2-4-8(7)13-9/h3-4,9H,1-2,5-6H2,(H,11,12). The molecule has 1 unspecified atom stereocenters. The van der Waals surface area contributed by atoms with E-state index >= 15 is 0 Å². The van der Waals surface area contributed by atoms with Gasteiger partial charge in [-0.25, -0.2) is 4.79 Å². The monoisotopic (exact) mass is 180 g/mol. The fourth-order valence-electron chi connectivity index (χ4n) is 1.73. The van der Waals surface area contributed by atoms with E-state index in [1.165, 1.54) is 5.57 Å². The SMILES string of the molecule is O=C(O)C1CCC2=CCCC=C2O1. The highest BCUT2D eigenvalue weighted by Crippen LogP contribution is 2.31. The number of carboxylic acid groups (broad SMARTS) is 1. The maximum Gasteiger partial charge on any atom is 0.344 e. The molecule has 0 aromatic rings. The molecule has 0 aromatic carbocycles. The summed E-state index contributed by atoms with van der Waals surface area (Å²) in [5.41, 5.74) is 1.18.